The summed E-state index contributed by atoms with van der Waals surface area (Å²) in [6, 6.07) is 17.9. The average molecular weight is 560 g/mol. The van der Waals surface area contributed by atoms with E-state index in [1.165, 1.54) is 16.6 Å². The first kappa shape index (κ1) is 27.2. The largest absolute Gasteiger partial charge is 0.338 e. The number of anilines is 3. The van der Waals surface area contributed by atoms with E-state index in [1.807, 2.05) is 60.8 Å². The van der Waals surface area contributed by atoms with E-state index in [0.717, 1.165) is 47.3 Å². The molecule has 2 aromatic heterocycles. The van der Waals surface area contributed by atoms with Gasteiger partial charge in [-0.25, -0.2) is 4.98 Å². The van der Waals surface area contributed by atoms with E-state index in [9.17, 15) is 4.79 Å². The van der Waals surface area contributed by atoms with Gasteiger partial charge in [-0.05, 0) is 48.0 Å². The zero-order valence-corrected chi connectivity index (χ0v) is 24.1. The number of ketones is 1. The number of rotatable bonds is 10. The third kappa shape index (κ3) is 7.62. The molecule has 5 rings (SSSR count). The second-order valence-electron chi connectivity index (χ2n) is 10.0. The van der Waals surface area contributed by atoms with Crippen LogP contribution < -0.4 is 10.2 Å². The molecule has 10 heteroatoms. The van der Waals surface area contributed by atoms with Gasteiger partial charge in [-0.15, -0.1) is 11.3 Å². The van der Waals surface area contributed by atoms with E-state index in [2.05, 4.69) is 41.0 Å². The third-order valence-electron chi connectivity index (χ3n) is 6.48. The Morgan fingerprint density at radius 2 is 1.64 bits per heavy atom. The van der Waals surface area contributed by atoms with Crippen LogP contribution in [0.15, 0.2) is 70.8 Å². The number of piperazine rings is 1. The van der Waals surface area contributed by atoms with E-state index in [-0.39, 0.29) is 5.78 Å². The van der Waals surface area contributed by atoms with Crippen molar-refractivity contribution >= 4 is 45.9 Å². The van der Waals surface area contributed by atoms with E-state index < -0.39 is 0 Å². The first-order chi connectivity index (χ1) is 18.9. The lowest BCUT2D eigenvalue weighted by atomic mass is 10.0. The molecule has 0 bridgehead atoms. The molecule has 0 unspecified atom stereocenters. The van der Waals surface area contributed by atoms with Crippen molar-refractivity contribution in [3.8, 4) is 0 Å². The Bertz CT molecular complexity index is 1380. The summed E-state index contributed by atoms with van der Waals surface area (Å²) < 4.78 is 0. The number of Topliss-reactive ketones (excluding diaryl/α,β-unsaturated/α-hetero) is 1. The fourth-order valence-electron chi connectivity index (χ4n) is 4.20. The number of likely N-dealkylation sites (N-methyl/N-ethyl adjacent to an activating group) is 1. The molecule has 39 heavy (non-hydrogen) atoms. The predicted octanol–water partition coefficient (Wildman–Crippen LogP) is 5.45. The van der Waals surface area contributed by atoms with Gasteiger partial charge >= 0.3 is 0 Å². The van der Waals surface area contributed by atoms with Gasteiger partial charge in [-0.3, -0.25) is 10.1 Å². The molecule has 4 aromatic rings. The Morgan fingerprint density at radius 1 is 0.949 bits per heavy atom. The smallest absolute Gasteiger partial charge is 0.234 e. The molecule has 0 amide bonds. The molecule has 0 atom stereocenters. The lowest BCUT2D eigenvalue weighted by Crippen LogP contribution is -2.45. The predicted molar refractivity (Wildman–Crippen MR) is 158 cm³/mol. The summed E-state index contributed by atoms with van der Waals surface area (Å²) in [6.07, 6.45) is 2.77. The van der Waals surface area contributed by atoms with Crippen LogP contribution in [0.2, 0.25) is 0 Å². The van der Waals surface area contributed by atoms with Crippen molar-refractivity contribution in [2.24, 2.45) is 0 Å². The maximum absolute atomic E-state index is 12.5. The number of carbonyl (C=O) groups is 1. The highest BCUT2D eigenvalue weighted by molar-refractivity contribution is 7.99. The van der Waals surface area contributed by atoms with Crippen molar-refractivity contribution in [1.29, 1.82) is 0 Å². The van der Waals surface area contributed by atoms with Crippen LogP contribution in [-0.4, -0.2) is 63.8 Å². The van der Waals surface area contributed by atoms with Crippen LogP contribution in [0.1, 0.15) is 35.8 Å². The van der Waals surface area contributed by atoms with Gasteiger partial charge in [0.15, 0.2) is 10.3 Å². The standard InChI is InChI=1S/C29H33N7OS2/c1-20(2)25-19-30-28(39-25)32-26-31-27(36-15-13-35(3)14-16-36)34-29(33-26)38-24-11-9-22(10-12-24)18-23(37)17-21-7-5-4-6-8-21/h4-12,19-20H,13-18H2,1-3H3,(H,30,31,32,33,34). The van der Waals surface area contributed by atoms with Crippen LogP contribution in [0.25, 0.3) is 0 Å². The van der Waals surface area contributed by atoms with Crippen molar-refractivity contribution in [1.82, 2.24) is 24.8 Å². The lowest BCUT2D eigenvalue weighted by Gasteiger charge is -2.32. The number of benzene rings is 2. The summed E-state index contributed by atoms with van der Waals surface area (Å²) in [5.74, 6) is 1.79. The minimum Gasteiger partial charge on any atom is -0.338 e. The highest BCUT2D eigenvalue weighted by atomic mass is 32.2. The van der Waals surface area contributed by atoms with Gasteiger partial charge in [0, 0.05) is 55.0 Å². The van der Waals surface area contributed by atoms with Gasteiger partial charge in [-0.2, -0.15) is 15.0 Å². The highest BCUT2D eigenvalue weighted by Gasteiger charge is 2.20. The third-order valence-corrected chi connectivity index (χ3v) is 8.56. The molecular formula is C29H33N7OS2. The summed E-state index contributed by atoms with van der Waals surface area (Å²) in [6.45, 7) is 7.97. The first-order valence-corrected chi connectivity index (χ1v) is 14.8. The molecule has 202 valence electrons. The fourth-order valence-corrected chi connectivity index (χ4v) is 5.75. The number of nitrogens with zero attached hydrogens (tertiary/aromatic N) is 6. The van der Waals surface area contributed by atoms with Crippen LogP contribution >= 0.6 is 23.1 Å². The zero-order chi connectivity index (χ0) is 27.2. The molecule has 1 N–H and O–H groups in total. The monoisotopic (exact) mass is 559 g/mol. The molecule has 1 saturated heterocycles. The summed E-state index contributed by atoms with van der Waals surface area (Å²) in [5.41, 5.74) is 2.05. The van der Waals surface area contributed by atoms with E-state index in [4.69, 9.17) is 15.0 Å². The van der Waals surface area contributed by atoms with Crippen molar-refractivity contribution in [3.05, 3.63) is 76.8 Å². The fraction of sp³-hybridized carbons (Fsp3) is 0.345. The average Bonchev–Trinajstić information content (AvgIpc) is 3.39. The van der Waals surface area contributed by atoms with E-state index in [1.54, 1.807) is 11.3 Å². The topological polar surface area (TPSA) is 87.1 Å². The second-order valence-corrected chi connectivity index (χ2v) is 12.1. The number of nitrogens with one attached hydrogen (secondary N) is 1. The summed E-state index contributed by atoms with van der Waals surface area (Å²) >= 11 is 3.11. The van der Waals surface area contributed by atoms with Crippen molar-refractivity contribution < 1.29 is 4.79 Å². The molecule has 3 heterocycles. The van der Waals surface area contributed by atoms with Gasteiger partial charge in [0.05, 0.1) is 0 Å². The van der Waals surface area contributed by atoms with Crippen molar-refractivity contribution in [2.45, 2.75) is 42.7 Å². The molecule has 1 fully saturated rings. The van der Waals surface area contributed by atoms with Crippen LogP contribution in [0.5, 0.6) is 0 Å². The van der Waals surface area contributed by atoms with E-state index in [0.29, 0.717) is 35.8 Å². The van der Waals surface area contributed by atoms with Gasteiger partial charge in [0.2, 0.25) is 11.9 Å². The SMILES string of the molecule is CC(C)c1cnc(Nc2nc(Sc3ccc(CC(=O)Cc4ccccc4)cc3)nc(N3CCN(C)CC3)n2)s1. The molecule has 0 radical (unpaired) electrons. The van der Waals surface area contributed by atoms with Crippen LogP contribution in [0, 0.1) is 0 Å². The van der Waals surface area contributed by atoms with Gasteiger partial charge < -0.3 is 9.80 Å². The number of thiazole rings is 1. The molecule has 2 aromatic carbocycles. The Balaban J connectivity index is 1.30. The number of hydrogen-bond donors (Lipinski definition) is 1. The molecule has 8 nitrogen and oxygen atoms in total. The van der Waals surface area contributed by atoms with Crippen molar-refractivity contribution in [2.75, 3.05) is 43.4 Å². The Kier molecular flexibility index (Phi) is 8.85. The number of hydrogen-bond acceptors (Lipinski definition) is 10. The molecular weight excluding hydrogens is 527 g/mol. The maximum atomic E-state index is 12.5. The van der Waals surface area contributed by atoms with Gasteiger partial charge in [-0.1, -0.05) is 56.3 Å². The number of carbonyl (C=O) groups excluding carboxylic acids is 1. The van der Waals surface area contributed by atoms with Crippen LogP contribution in [0.3, 0.4) is 0 Å². The minimum atomic E-state index is 0.203. The molecule has 1 aliphatic rings. The molecule has 0 aliphatic carbocycles. The summed E-state index contributed by atoms with van der Waals surface area (Å²) in [7, 11) is 2.13. The summed E-state index contributed by atoms with van der Waals surface area (Å²) in [5, 5.41) is 4.69. The van der Waals surface area contributed by atoms with E-state index >= 15 is 0 Å². The second kappa shape index (κ2) is 12.7. The maximum Gasteiger partial charge on any atom is 0.234 e. The van der Waals surface area contributed by atoms with Gasteiger partial charge in [0.1, 0.15) is 5.78 Å². The normalized spacial score (nSPS) is 14.1. The van der Waals surface area contributed by atoms with Gasteiger partial charge in [0.25, 0.3) is 0 Å². The Hall–Kier alpha value is -3.34. The highest BCUT2D eigenvalue weighted by Crippen LogP contribution is 2.30. The molecule has 0 spiro atoms. The quantitative estimate of drug-likeness (QED) is 0.272. The zero-order valence-electron chi connectivity index (χ0n) is 22.5. The number of aromatic nitrogens is 4. The Labute approximate surface area is 237 Å². The first-order valence-electron chi connectivity index (χ1n) is 13.2. The Morgan fingerprint density at radius 3 is 2.31 bits per heavy atom. The molecule has 1 aliphatic heterocycles. The summed E-state index contributed by atoms with van der Waals surface area (Å²) in [4.78, 5) is 38.0. The molecule has 0 saturated carbocycles. The lowest BCUT2D eigenvalue weighted by molar-refractivity contribution is -0.117. The van der Waals surface area contributed by atoms with Crippen LogP contribution in [0.4, 0.5) is 17.0 Å². The van der Waals surface area contributed by atoms with Crippen LogP contribution in [-0.2, 0) is 17.6 Å². The van der Waals surface area contributed by atoms with Crippen molar-refractivity contribution in [3.63, 3.8) is 0 Å². The minimum absolute atomic E-state index is 0.203.